The van der Waals surface area contributed by atoms with Crippen LogP contribution in [0.5, 0.6) is 0 Å². The molecule has 0 bridgehead atoms. The molecule has 4 aliphatic carbocycles. The Kier molecular flexibility index (Phi) is 5.56. The predicted octanol–water partition coefficient (Wildman–Crippen LogP) is 4.00. The van der Waals surface area contributed by atoms with E-state index in [-0.39, 0.29) is 30.4 Å². The van der Waals surface area contributed by atoms with Gasteiger partial charge in [-0.15, -0.1) is 0 Å². The lowest BCUT2D eigenvalue weighted by atomic mass is 9.39. The summed E-state index contributed by atoms with van der Waals surface area (Å²) in [7, 11) is 0. The lowest BCUT2D eigenvalue weighted by Gasteiger charge is -2.66. The van der Waals surface area contributed by atoms with E-state index in [1.807, 2.05) is 0 Å². The van der Waals surface area contributed by atoms with Crippen molar-refractivity contribution >= 4 is 11.6 Å². The minimum absolute atomic E-state index is 0.0168. The van der Waals surface area contributed by atoms with Crippen LogP contribution < -0.4 is 0 Å². The van der Waals surface area contributed by atoms with E-state index in [0.717, 1.165) is 18.2 Å². The Labute approximate surface area is 222 Å². The lowest BCUT2D eigenvalue weighted by Crippen LogP contribution is -2.73. The summed E-state index contributed by atoms with van der Waals surface area (Å²) in [5.41, 5.74) is -8.34. The van der Waals surface area contributed by atoms with E-state index in [4.69, 9.17) is 9.47 Å². The molecule has 39 heavy (non-hydrogen) atoms. The average molecular weight is 551 g/mol. The predicted molar refractivity (Wildman–Crippen MR) is 129 cm³/mol. The summed E-state index contributed by atoms with van der Waals surface area (Å²) in [4.78, 5) is 25.6. The molecule has 1 aromatic rings. The van der Waals surface area contributed by atoms with Crippen molar-refractivity contribution in [3.05, 3.63) is 59.2 Å². The van der Waals surface area contributed by atoms with Crippen LogP contribution in [0, 0.1) is 33.8 Å². The number of carbonyl (C=O) groups excluding carboxylic acids is 2. The van der Waals surface area contributed by atoms with Crippen LogP contribution >= 0.6 is 0 Å². The number of aliphatic hydroxyl groups excluding tert-OH is 2. The summed E-state index contributed by atoms with van der Waals surface area (Å²) in [6.07, 6.45) is -2.73. The van der Waals surface area contributed by atoms with Crippen molar-refractivity contribution in [2.45, 2.75) is 76.0 Å². The summed E-state index contributed by atoms with van der Waals surface area (Å²) in [6.45, 7) is 3.91. The molecule has 10 atom stereocenters. The number of ether oxygens (including phenoxy) is 2. The molecule has 1 heterocycles. The topological polar surface area (TPSA) is 93.1 Å². The second-order valence-electron chi connectivity index (χ2n) is 12.3. The van der Waals surface area contributed by atoms with E-state index in [0.29, 0.717) is 0 Å². The number of allylic oxidation sites excluding steroid dienone is 4. The van der Waals surface area contributed by atoms with Crippen molar-refractivity contribution in [1.29, 1.82) is 0 Å². The third kappa shape index (κ3) is 2.96. The first-order valence-electron chi connectivity index (χ1n) is 13.1. The molecule has 1 aromatic carbocycles. The Morgan fingerprint density at radius 2 is 1.87 bits per heavy atom. The van der Waals surface area contributed by atoms with Crippen molar-refractivity contribution in [3.63, 3.8) is 0 Å². The molecule has 0 radical (unpaired) electrons. The fraction of sp³-hybridized carbons (Fsp3) is 0.586. The Balaban J connectivity index is 1.48. The summed E-state index contributed by atoms with van der Waals surface area (Å²) in [6, 6.07) is 3.05. The van der Waals surface area contributed by atoms with Crippen molar-refractivity contribution in [3.8, 4) is 0 Å². The first kappa shape index (κ1) is 26.8. The van der Waals surface area contributed by atoms with Gasteiger partial charge in [0.1, 0.15) is 12.8 Å². The molecule has 3 saturated carbocycles. The van der Waals surface area contributed by atoms with E-state index in [9.17, 15) is 28.6 Å². The minimum atomic E-state index is -2.39. The second kappa shape index (κ2) is 8.09. The molecule has 1 saturated heterocycles. The molecule has 2 N–H and O–H groups in total. The van der Waals surface area contributed by atoms with Crippen LogP contribution in [0.3, 0.4) is 0 Å². The van der Waals surface area contributed by atoms with Crippen molar-refractivity contribution < 1.29 is 46.8 Å². The zero-order valence-corrected chi connectivity index (χ0v) is 21.7. The Hall–Kier alpha value is -2.40. The molecule has 4 fully saturated rings. The molecular formula is C29H30F4O6. The number of hydrogen-bond acceptors (Lipinski definition) is 6. The van der Waals surface area contributed by atoms with Gasteiger partial charge in [-0.1, -0.05) is 26.0 Å². The molecular weight excluding hydrogens is 520 g/mol. The second-order valence-corrected chi connectivity index (χ2v) is 12.3. The van der Waals surface area contributed by atoms with E-state index in [1.165, 1.54) is 25.1 Å². The normalized spacial score (nSPS) is 48.2. The third-order valence-electron chi connectivity index (χ3n) is 10.9. The fourth-order valence-corrected chi connectivity index (χ4v) is 8.78. The molecule has 5 aliphatic rings. The number of benzene rings is 1. The number of alkyl halides is 2. The number of ketones is 2. The zero-order valence-electron chi connectivity index (χ0n) is 21.7. The largest absolute Gasteiger partial charge is 0.390 e. The molecule has 210 valence electrons. The van der Waals surface area contributed by atoms with Gasteiger partial charge in [0.05, 0.1) is 12.2 Å². The van der Waals surface area contributed by atoms with Gasteiger partial charge >= 0.3 is 0 Å². The first-order valence-corrected chi connectivity index (χ1v) is 13.1. The summed E-state index contributed by atoms with van der Waals surface area (Å²) in [5.74, 6) is -4.56. The maximum Gasteiger partial charge on any atom is 0.193 e. The van der Waals surface area contributed by atoms with E-state index < -0.39 is 87.9 Å². The van der Waals surface area contributed by atoms with Gasteiger partial charge in [-0.05, 0) is 61.5 Å². The molecule has 0 amide bonds. The smallest absolute Gasteiger partial charge is 0.193 e. The maximum absolute atomic E-state index is 17.6. The van der Waals surface area contributed by atoms with Crippen LogP contribution in [0.1, 0.15) is 51.9 Å². The summed E-state index contributed by atoms with van der Waals surface area (Å²) >= 11 is 0. The number of fused-ring (bicyclic) bond motifs is 7. The van der Waals surface area contributed by atoms with Gasteiger partial charge in [-0.2, -0.15) is 0 Å². The van der Waals surface area contributed by atoms with E-state index in [1.54, 1.807) is 13.8 Å². The van der Waals surface area contributed by atoms with Gasteiger partial charge in [-0.3, -0.25) is 9.59 Å². The molecule has 6 nitrogen and oxygen atoms in total. The quantitative estimate of drug-likeness (QED) is 0.553. The Morgan fingerprint density at radius 1 is 1.15 bits per heavy atom. The van der Waals surface area contributed by atoms with Crippen molar-refractivity contribution in [2.24, 2.45) is 22.2 Å². The van der Waals surface area contributed by atoms with Gasteiger partial charge in [-0.25, -0.2) is 17.6 Å². The Bertz CT molecular complexity index is 1350. The highest BCUT2D eigenvalue weighted by Crippen LogP contribution is 2.77. The van der Waals surface area contributed by atoms with Gasteiger partial charge in [0.2, 0.25) is 0 Å². The molecule has 0 aromatic heterocycles. The summed E-state index contributed by atoms with van der Waals surface area (Å²) in [5, 5.41) is 21.6. The van der Waals surface area contributed by atoms with Crippen molar-refractivity contribution in [1.82, 2.24) is 0 Å². The van der Waals surface area contributed by atoms with Gasteiger partial charge < -0.3 is 19.7 Å². The highest BCUT2D eigenvalue weighted by Gasteiger charge is 2.83. The maximum atomic E-state index is 17.6. The molecule has 6 rings (SSSR count). The first-order chi connectivity index (χ1) is 18.2. The Morgan fingerprint density at radius 3 is 2.54 bits per heavy atom. The van der Waals surface area contributed by atoms with Gasteiger partial charge in [0, 0.05) is 22.3 Å². The fourth-order valence-electron chi connectivity index (χ4n) is 8.78. The van der Waals surface area contributed by atoms with Gasteiger partial charge in [0.15, 0.2) is 40.8 Å². The van der Waals surface area contributed by atoms with E-state index in [2.05, 4.69) is 0 Å². The molecule has 0 spiro atoms. The van der Waals surface area contributed by atoms with E-state index >= 15 is 8.78 Å². The SMILES string of the molecule is C[C@]12C[C@H](O)[C@@]3(F)[C@@H](C[C@H](F)C4=CC(=O)C=C[C@@]43C)[C@]1(C)C[C@H]1O[C@@H](c3ccc(F)c(F)c3)O[C@]12C(=O)CO. The van der Waals surface area contributed by atoms with Crippen LogP contribution in [0.15, 0.2) is 42.0 Å². The van der Waals surface area contributed by atoms with Gasteiger partial charge in [0.25, 0.3) is 0 Å². The third-order valence-corrected chi connectivity index (χ3v) is 10.9. The number of hydrogen-bond donors (Lipinski definition) is 2. The number of halogens is 4. The van der Waals surface area contributed by atoms with Crippen molar-refractivity contribution in [2.75, 3.05) is 6.61 Å². The van der Waals surface area contributed by atoms with Crippen LogP contribution in [0.25, 0.3) is 0 Å². The highest BCUT2D eigenvalue weighted by atomic mass is 19.2. The number of Topliss-reactive ketones (excluding diaryl/α,β-unsaturated/α-hetero) is 1. The number of carbonyl (C=O) groups is 2. The molecule has 0 unspecified atom stereocenters. The molecule has 1 aliphatic heterocycles. The number of aliphatic hydroxyl groups is 2. The average Bonchev–Trinajstić information content (AvgIpc) is 3.35. The lowest BCUT2D eigenvalue weighted by molar-refractivity contribution is -0.263. The van der Waals surface area contributed by atoms with Crippen LogP contribution in [0.2, 0.25) is 0 Å². The minimum Gasteiger partial charge on any atom is -0.390 e. The summed E-state index contributed by atoms with van der Waals surface area (Å²) < 4.78 is 73.4. The zero-order chi connectivity index (χ0) is 28.3. The highest BCUT2D eigenvalue weighted by molar-refractivity contribution is 6.01. The standard InChI is InChI=1S/C29H30F4O6/c1-25-7-6-15(35)9-16(25)18(31)10-20-26(2)12-23-29(22(37)13-34,27(26,3)11-21(36)28(20,25)33)39-24(38-23)14-4-5-17(30)19(32)8-14/h4-9,18,20-21,23-24,34,36H,10-13H2,1-3H3/t18-,20-,21-,23+,24+,25-,26-,27-,28-,29+/m0/s1. The molecule has 10 heteroatoms. The van der Waals surface area contributed by atoms with Crippen LogP contribution in [0.4, 0.5) is 17.6 Å². The van der Waals surface area contributed by atoms with Crippen LogP contribution in [-0.4, -0.2) is 58.0 Å². The number of rotatable bonds is 3. The van der Waals surface area contributed by atoms with Crippen LogP contribution in [-0.2, 0) is 19.1 Å². The monoisotopic (exact) mass is 550 g/mol.